The van der Waals surface area contributed by atoms with Crippen molar-refractivity contribution >= 4 is 28.5 Å². The summed E-state index contributed by atoms with van der Waals surface area (Å²) < 4.78 is 2.07. The number of likely N-dealkylation sites (tertiary alicyclic amines) is 1. The van der Waals surface area contributed by atoms with Crippen molar-refractivity contribution in [2.24, 2.45) is 5.92 Å². The first-order valence-electron chi connectivity index (χ1n) is 11.3. The number of hydrogen-bond acceptors (Lipinski definition) is 5. The van der Waals surface area contributed by atoms with Crippen LogP contribution in [-0.4, -0.2) is 49.3 Å². The molecule has 1 saturated heterocycles. The number of nitrogens with one attached hydrogen (secondary N) is 1. The summed E-state index contributed by atoms with van der Waals surface area (Å²) in [6, 6.07) is 5.79. The average Bonchev–Trinajstić information content (AvgIpc) is 3.21. The quantitative estimate of drug-likeness (QED) is 0.636. The molecule has 0 unspecified atom stereocenters. The number of carbonyl (C=O) groups excluding carboxylic acids is 2. The number of aryl methyl sites for hydroxylation is 1. The third-order valence-electron chi connectivity index (χ3n) is 5.96. The maximum atomic E-state index is 12.9. The fourth-order valence-corrected chi connectivity index (χ4v) is 4.21. The van der Waals surface area contributed by atoms with Crippen molar-refractivity contribution in [1.82, 2.24) is 24.4 Å². The van der Waals surface area contributed by atoms with Gasteiger partial charge in [0.2, 0.25) is 5.91 Å². The average molecular weight is 435 g/mol. The molecule has 0 saturated carbocycles. The van der Waals surface area contributed by atoms with Gasteiger partial charge in [0.05, 0.1) is 22.9 Å². The molecule has 1 aliphatic heterocycles. The molecule has 32 heavy (non-hydrogen) atoms. The molecule has 1 aromatic carbocycles. The Labute approximate surface area is 188 Å². The predicted molar refractivity (Wildman–Crippen MR) is 123 cm³/mol. The molecular weight excluding hydrogens is 404 g/mol. The second-order valence-corrected chi connectivity index (χ2v) is 8.73. The smallest absolute Gasteiger partial charge is 0.256 e. The van der Waals surface area contributed by atoms with E-state index in [0.717, 1.165) is 41.9 Å². The Bertz CT molecular complexity index is 1110. The molecule has 0 aliphatic carbocycles. The van der Waals surface area contributed by atoms with Gasteiger partial charge in [0.25, 0.3) is 5.91 Å². The molecule has 2 aromatic heterocycles. The summed E-state index contributed by atoms with van der Waals surface area (Å²) >= 11 is 0. The first kappa shape index (κ1) is 21.9. The minimum Gasteiger partial charge on any atom is -0.338 e. The van der Waals surface area contributed by atoms with E-state index >= 15 is 0 Å². The van der Waals surface area contributed by atoms with E-state index in [0.29, 0.717) is 25.1 Å². The van der Waals surface area contributed by atoms with E-state index in [1.165, 1.54) is 0 Å². The van der Waals surface area contributed by atoms with Crippen LogP contribution in [-0.2, 0) is 11.3 Å². The number of amides is 2. The van der Waals surface area contributed by atoms with E-state index < -0.39 is 0 Å². The van der Waals surface area contributed by atoms with Crippen molar-refractivity contribution in [1.29, 1.82) is 0 Å². The second kappa shape index (κ2) is 9.46. The summed E-state index contributed by atoms with van der Waals surface area (Å²) in [4.78, 5) is 40.4. The van der Waals surface area contributed by atoms with Crippen LogP contribution in [0.4, 0.5) is 5.69 Å². The number of fused-ring (bicyclic) bond motifs is 1. The van der Waals surface area contributed by atoms with Gasteiger partial charge in [-0.1, -0.05) is 13.8 Å². The first-order valence-corrected chi connectivity index (χ1v) is 11.3. The largest absolute Gasteiger partial charge is 0.338 e. The Balaban J connectivity index is 1.35. The Kier molecular flexibility index (Phi) is 6.48. The summed E-state index contributed by atoms with van der Waals surface area (Å²) in [6.07, 6.45) is 7.22. The fraction of sp³-hybridized carbons (Fsp3) is 0.458. The van der Waals surface area contributed by atoms with E-state index in [1.54, 1.807) is 12.4 Å². The Morgan fingerprint density at radius 1 is 1.19 bits per heavy atom. The lowest BCUT2D eigenvalue weighted by molar-refractivity contribution is -0.117. The fourth-order valence-electron chi connectivity index (χ4n) is 4.21. The van der Waals surface area contributed by atoms with Crippen LogP contribution in [0.5, 0.6) is 0 Å². The van der Waals surface area contributed by atoms with E-state index in [9.17, 15) is 9.59 Å². The number of hydrogen-bond donors (Lipinski definition) is 1. The molecule has 0 bridgehead atoms. The number of carbonyl (C=O) groups is 2. The van der Waals surface area contributed by atoms with Crippen LogP contribution in [0.25, 0.3) is 11.0 Å². The van der Waals surface area contributed by atoms with Gasteiger partial charge < -0.3 is 14.8 Å². The molecule has 1 aliphatic rings. The predicted octanol–water partition coefficient (Wildman–Crippen LogP) is 3.85. The van der Waals surface area contributed by atoms with Crippen molar-refractivity contribution < 1.29 is 9.59 Å². The third kappa shape index (κ3) is 4.79. The second-order valence-electron chi connectivity index (χ2n) is 8.73. The molecule has 2 amide bonds. The minimum absolute atomic E-state index is 0.0387. The zero-order valence-corrected chi connectivity index (χ0v) is 18.9. The van der Waals surface area contributed by atoms with Crippen LogP contribution in [0.3, 0.4) is 0 Å². The van der Waals surface area contributed by atoms with E-state index in [-0.39, 0.29) is 23.7 Å². The van der Waals surface area contributed by atoms with Crippen LogP contribution in [0.1, 0.15) is 62.1 Å². The van der Waals surface area contributed by atoms with Crippen LogP contribution in [0, 0.1) is 5.92 Å². The normalized spacial score (nSPS) is 16.5. The van der Waals surface area contributed by atoms with Crippen LogP contribution < -0.4 is 5.32 Å². The number of rotatable bonds is 6. The first-order chi connectivity index (χ1) is 15.4. The lowest BCUT2D eigenvalue weighted by Crippen LogP contribution is -2.41. The molecule has 8 nitrogen and oxygen atoms in total. The van der Waals surface area contributed by atoms with Crippen molar-refractivity contribution in [3.8, 4) is 0 Å². The lowest BCUT2D eigenvalue weighted by Gasteiger charge is -2.32. The number of imidazole rings is 1. The van der Waals surface area contributed by atoms with Gasteiger partial charge in [0.1, 0.15) is 5.82 Å². The summed E-state index contributed by atoms with van der Waals surface area (Å²) in [7, 11) is 0. The third-order valence-corrected chi connectivity index (χ3v) is 5.96. The summed E-state index contributed by atoms with van der Waals surface area (Å²) in [5.74, 6) is 0.978. The van der Waals surface area contributed by atoms with Crippen molar-refractivity contribution in [3.63, 3.8) is 0 Å². The van der Waals surface area contributed by atoms with Crippen LogP contribution in [0.2, 0.25) is 0 Å². The molecule has 0 spiro atoms. The molecule has 3 aromatic rings. The monoisotopic (exact) mass is 434 g/mol. The number of benzene rings is 1. The van der Waals surface area contributed by atoms with Crippen molar-refractivity contribution in [3.05, 3.63) is 48.3 Å². The highest BCUT2D eigenvalue weighted by Gasteiger charge is 2.26. The standard InChI is InChI=1S/C24H30N6O2/c1-4-29-15-27-20-11-19(7-8-21(20)29)28-22(31)10-17-6-5-9-30(14-17)24(32)18-12-25-23(16(2)3)26-13-18/h7-8,11-13,15-17H,4-6,9-10,14H2,1-3H3,(H,28,31)/t17-/m1/s1. The van der Waals surface area contributed by atoms with Gasteiger partial charge in [-0.15, -0.1) is 0 Å². The molecule has 3 heterocycles. The van der Waals surface area contributed by atoms with Crippen LogP contribution in [0.15, 0.2) is 36.9 Å². The minimum atomic E-state index is -0.0672. The van der Waals surface area contributed by atoms with Gasteiger partial charge in [-0.05, 0) is 43.9 Å². The molecule has 0 radical (unpaired) electrons. The molecule has 1 atom stereocenters. The number of aromatic nitrogens is 4. The number of anilines is 1. The molecule has 1 N–H and O–H groups in total. The molecule has 8 heteroatoms. The molecule has 4 rings (SSSR count). The van der Waals surface area contributed by atoms with Gasteiger partial charge >= 0.3 is 0 Å². The summed E-state index contributed by atoms with van der Waals surface area (Å²) in [5.41, 5.74) is 3.16. The Morgan fingerprint density at radius 3 is 2.69 bits per heavy atom. The molecular formula is C24H30N6O2. The number of nitrogens with zero attached hydrogens (tertiary/aromatic N) is 5. The maximum Gasteiger partial charge on any atom is 0.256 e. The summed E-state index contributed by atoms with van der Waals surface area (Å²) in [6.45, 7) is 8.23. The van der Waals surface area contributed by atoms with Crippen LogP contribution >= 0.6 is 0 Å². The van der Waals surface area contributed by atoms with E-state index in [4.69, 9.17) is 0 Å². The number of piperidine rings is 1. The highest BCUT2D eigenvalue weighted by Crippen LogP contribution is 2.23. The topological polar surface area (TPSA) is 93.0 Å². The van der Waals surface area contributed by atoms with Crippen molar-refractivity contribution in [2.45, 2.75) is 52.5 Å². The Morgan fingerprint density at radius 2 is 1.97 bits per heavy atom. The lowest BCUT2D eigenvalue weighted by atomic mass is 9.94. The van der Waals surface area contributed by atoms with Gasteiger partial charge in [0.15, 0.2) is 0 Å². The maximum absolute atomic E-state index is 12.9. The van der Waals surface area contributed by atoms with E-state index in [1.807, 2.05) is 43.3 Å². The zero-order chi connectivity index (χ0) is 22.7. The van der Waals surface area contributed by atoms with Crippen molar-refractivity contribution in [2.75, 3.05) is 18.4 Å². The highest BCUT2D eigenvalue weighted by atomic mass is 16.2. The molecule has 168 valence electrons. The SMILES string of the molecule is CCn1cnc2cc(NC(=O)C[C@H]3CCCN(C(=O)c4cnc(C(C)C)nc4)C3)ccc21. The van der Waals surface area contributed by atoms with Gasteiger partial charge in [0, 0.05) is 50.1 Å². The van der Waals surface area contributed by atoms with Gasteiger partial charge in [-0.2, -0.15) is 0 Å². The molecule has 1 fully saturated rings. The van der Waals surface area contributed by atoms with E-state index in [2.05, 4.69) is 31.8 Å². The van der Waals surface area contributed by atoms with Gasteiger partial charge in [-0.3, -0.25) is 9.59 Å². The highest BCUT2D eigenvalue weighted by molar-refractivity contribution is 5.94. The Hall–Kier alpha value is -3.29. The zero-order valence-electron chi connectivity index (χ0n) is 18.9. The summed E-state index contributed by atoms with van der Waals surface area (Å²) in [5, 5.41) is 2.99. The van der Waals surface area contributed by atoms with Gasteiger partial charge in [-0.25, -0.2) is 15.0 Å².